The van der Waals surface area contributed by atoms with Gasteiger partial charge in [0.2, 0.25) is 0 Å². The third-order valence-corrected chi connectivity index (χ3v) is 1.14. The number of allylic oxidation sites excluding steroid dienone is 5. The zero-order valence-corrected chi connectivity index (χ0v) is 12.4. The predicted molar refractivity (Wildman–Crippen MR) is 79.2 cm³/mol. The van der Waals surface area contributed by atoms with Crippen LogP contribution >= 0.6 is 0 Å². The molecule has 0 bridgehead atoms. The molecule has 0 amide bonds. The fourth-order valence-corrected chi connectivity index (χ4v) is 0.570. The van der Waals surface area contributed by atoms with Gasteiger partial charge in [-0.3, -0.25) is 0 Å². The van der Waals surface area contributed by atoms with E-state index < -0.39 is 0 Å². The Bertz CT molecular complexity index is 179. The molecule has 2 heteroatoms. The van der Waals surface area contributed by atoms with Gasteiger partial charge in [0.1, 0.15) is 6.29 Å². The van der Waals surface area contributed by atoms with Crippen molar-refractivity contribution in [3.63, 3.8) is 0 Å². The van der Waals surface area contributed by atoms with Crippen LogP contribution in [0, 0.1) is 0 Å². The average Bonchev–Trinajstić information content (AvgIpc) is 2.40. The first-order chi connectivity index (χ1) is 8.26. The van der Waals surface area contributed by atoms with Gasteiger partial charge in [0.05, 0.1) is 0 Å². The Morgan fingerprint density at radius 1 is 1.24 bits per heavy atom. The van der Waals surface area contributed by atoms with E-state index in [-0.39, 0.29) is 0 Å². The Morgan fingerprint density at radius 3 is 1.88 bits per heavy atom. The zero-order chi connectivity index (χ0) is 14.5. The Hall–Kier alpha value is -1.15. The molecule has 102 valence electrons. The van der Waals surface area contributed by atoms with E-state index in [1.54, 1.807) is 6.08 Å². The van der Waals surface area contributed by atoms with Gasteiger partial charge >= 0.3 is 0 Å². The van der Waals surface area contributed by atoms with Gasteiger partial charge in [-0.2, -0.15) is 0 Å². The van der Waals surface area contributed by atoms with Crippen molar-refractivity contribution in [1.82, 2.24) is 0 Å². The molecule has 0 rings (SSSR count). The van der Waals surface area contributed by atoms with Crippen molar-refractivity contribution in [2.75, 3.05) is 7.11 Å². The molecule has 0 heterocycles. The number of hydrogen-bond donors (Lipinski definition) is 1. The van der Waals surface area contributed by atoms with Crippen molar-refractivity contribution >= 4 is 6.29 Å². The summed E-state index contributed by atoms with van der Waals surface area (Å²) in [5, 5.41) is 7.00. The zero-order valence-electron chi connectivity index (χ0n) is 12.4. The Morgan fingerprint density at radius 2 is 1.65 bits per heavy atom. The lowest BCUT2D eigenvalue weighted by Crippen LogP contribution is -1.77. The first kappa shape index (κ1) is 24.9. The van der Waals surface area contributed by atoms with E-state index in [4.69, 9.17) is 5.11 Å². The number of rotatable bonds is 4. The second-order valence-corrected chi connectivity index (χ2v) is 2.54. The molecule has 0 unspecified atom stereocenters. The first-order valence-electron chi connectivity index (χ1n) is 6.09. The minimum Gasteiger partial charge on any atom is -0.400 e. The molecule has 0 spiro atoms. The third kappa shape index (κ3) is 39.8. The minimum atomic E-state index is 0.487. The SMILES string of the molecule is C=C/C=C\C(=C/C)CC=O.CC.CCC.CO. The summed E-state index contributed by atoms with van der Waals surface area (Å²) in [5.41, 5.74) is 1.02. The minimum absolute atomic E-state index is 0.487. The molecule has 0 aromatic carbocycles. The van der Waals surface area contributed by atoms with E-state index in [9.17, 15) is 4.79 Å². The van der Waals surface area contributed by atoms with Crippen molar-refractivity contribution in [2.45, 2.75) is 47.5 Å². The van der Waals surface area contributed by atoms with Crippen LogP contribution in [-0.2, 0) is 4.79 Å². The second kappa shape index (κ2) is 36.4. The molecule has 0 saturated carbocycles. The average molecular weight is 242 g/mol. The van der Waals surface area contributed by atoms with E-state index >= 15 is 0 Å². The molecular formula is C15H30O2. The molecule has 1 N–H and O–H groups in total. The maximum atomic E-state index is 10.0. The second-order valence-electron chi connectivity index (χ2n) is 2.54. The van der Waals surface area contributed by atoms with Crippen molar-refractivity contribution in [3.05, 3.63) is 36.5 Å². The molecule has 0 atom stereocenters. The van der Waals surface area contributed by atoms with E-state index in [1.807, 2.05) is 39.0 Å². The topological polar surface area (TPSA) is 37.3 Å². The van der Waals surface area contributed by atoms with Crippen LogP contribution < -0.4 is 0 Å². The highest BCUT2D eigenvalue weighted by atomic mass is 16.2. The number of hydrogen-bond acceptors (Lipinski definition) is 2. The largest absolute Gasteiger partial charge is 0.400 e. The van der Waals surface area contributed by atoms with Gasteiger partial charge in [-0.05, 0) is 12.5 Å². The molecule has 0 aliphatic heterocycles. The standard InChI is InChI=1S/C9H12O.C3H8.C2H6.CH4O/c1-3-5-6-9(4-2)7-8-10;1-3-2;2*1-2/h3-6,8H,1,7H2,2H3;3H2,1-2H3;1-2H3;2H,1H3/b6-5-,9-4+;;;. The Kier molecular flexibility index (Phi) is 53.3. The van der Waals surface area contributed by atoms with E-state index in [0.717, 1.165) is 19.0 Å². The quantitative estimate of drug-likeness (QED) is 0.589. The molecule has 0 aliphatic carbocycles. The molecule has 0 fully saturated rings. The summed E-state index contributed by atoms with van der Waals surface area (Å²) in [4.78, 5) is 10.0. The van der Waals surface area contributed by atoms with Gasteiger partial charge in [0.25, 0.3) is 0 Å². The van der Waals surface area contributed by atoms with E-state index in [0.29, 0.717) is 6.42 Å². The van der Waals surface area contributed by atoms with Crippen LogP contribution in [0.25, 0.3) is 0 Å². The number of aliphatic hydroxyl groups excluding tert-OH is 1. The van der Waals surface area contributed by atoms with Crippen molar-refractivity contribution < 1.29 is 9.90 Å². The van der Waals surface area contributed by atoms with Gasteiger partial charge in [0, 0.05) is 13.5 Å². The van der Waals surface area contributed by atoms with E-state index in [1.165, 1.54) is 6.42 Å². The number of carbonyl (C=O) groups excluding carboxylic acids is 1. The van der Waals surface area contributed by atoms with Crippen LogP contribution in [-0.4, -0.2) is 18.5 Å². The summed E-state index contributed by atoms with van der Waals surface area (Å²) < 4.78 is 0. The van der Waals surface area contributed by atoms with Crippen LogP contribution in [0.5, 0.6) is 0 Å². The Labute approximate surface area is 108 Å². The van der Waals surface area contributed by atoms with Crippen LogP contribution in [0.3, 0.4) is 0 Å². The van der Waals surface area contributed by atoms with E-state index in [2.05, 4.69) is 20.4 Å². The normalized spacial score (nSPS) is 8.76. The number of aliphatic hydroxyl groups is 1. The van der Waals surface area contributed by atoms with Gasteiger partial charge < -0.3 is 9.90 Å². The predicted octanol–water partition coefficient (Wildman–Crippen LogP) is 4.31. The molecule has 0 aromatic rings. The van der Waals surface area contributed by atoms with Gasteiger partial charge in [-0.15, -0.1) is 0 Å². The number of aldehydes is 1. The van der Waals surface area contributed by atoms with Crippen molar-refractivity contribution in [3.8, 4) is 0 Å². The summed E-state index contributed by atoms with van der Waals surface area (Å²) >= 11 is 0. The fourth-order valence-electron chi connectivity index (χ4n) is 0.570. The smallest absolute Gasteiger partial charge is 0.124 e. The third-order valence-electron chi connectivity index (χ3n) is 1.14. The summed E-state index contributed by atoms with van der Waals surface area (Å²) in [6, 6.07) is 0. The fraction of sp³-hybridized carbons (Fsp3) is 0.533. The lowest BCUT2D eigenvalue weighted by Gasteiger charge is -1.89. The van der Waals surface area contributed by atoms with Gasteiger partial charge in [0.15, 0.2) is 0 Å². The van der Waals surface area contributed by atoms with Crippen LogP contribution in [0.2, 0.25) is 0 Å². The molecule has 0 saturated heterocycles. The lowest BCUT2D eigenvalue weighted by molar-refractivity contribution is -0.107. The maximum absolute atomic E-state index is 10.0. The molecule has 0 radical (unpaired) electrons. The Balaban J connectivity index is -0.000000102. The highest BCUT2D eigenvalue weighted by molar-refractivity contribution is 5.56. The number of carbonyl (C=O) groups is 1. The summed E-state index contributed by atoms with van der Waals surface area (Å²) in [5.74, 6) is 0. The highest BCUT2D eigenvalue weighted by Crippen LogP contribution is 1.99. The molecule has 0 aromatic heterocycles. The highest BCUT2D eigenvalue weighted by Gasteiger charge is 1.85. The van der Waals surface area contributed by atoms with Crippen LogP contribution in [0.4, 0.5) is 0 Å². The van der Waals surface area contributed by atoms with Gasteiger partial charge in [-0.25, -0.2) is 0 Å². The van der Waals surface area contributed by atoms with Gasteiger partial charge in [-0.1, -0.05) is 65.0 Å². The molecule has 0 aliphatic rings. The summed E-state index contributed by atoms with van der Waals surface area (Å²) in [6.07, 6.45) is 9.92. The van der Waals surface area contributed by atoms with Crippen molar-refractivity contribution in [2.24, 2.45) is 0 Å². The van der Waals surface area contributed by atoms with Crippen LogP contribution in [0.1, 0.15) is 47.5 Å². The first-order valence-corrected chi connectivity index (χ1v) is 6.09. The molecular weight excluding hydrogens is 212 g/mol. The molecule has 2 nitrogen and oxygen atoms in total. The molecule has 17 heavy (non-hydrogen) atoms. The summed E-state index contributed by atoms with van der Waals surface area (Å²) in [6.45, 7) is 13.7. The summed E-state index contributed by atoms with van der Waals surface area (Å²) in [7, 11) is 1.00. The lowest BCUT2D eigenvalue weighted by atomic mass is 10.2. The van der Waals surface area contributed by atoms with Crippen LogP contribution in [0.15, 0.2) is 36.5 Å². The monoisotopic (exact) mass is 242 g/mol. The van der Waals surface area contributed by atoms with Crippen molar-refractivity contribution in [1.29, 1.82) is 0 Å². The maximum Gasteiger partial charge on any atom is 0.124 e.